The van der Waals surface area contributed by atoms with Gasteiger partial charge in [0.25, 0.3) is 0 Å². The number of hydrogen-bond donors (Lipinski definition) is 0. The van der Waals surface area contributed by atoms with E-state index in [-0.39, 0.29) is 18.9 Å². The standard InChI is InChI=1S/C9H5F6OP.C4H9.Li/c10-8(11,12)4-2-1-3-5(9(13,14)15)6(4)7(16)17;1-3-4-2;/h1-3H,17H2;1,3-4H2,2H3;/q;-1;+1. The Bertz CT molecular complexity index is 450. The number of carbonyl (C=O) groups is 1. The number of alkyl halides is 6. The van der Waals surface area contributed by atoms with Crippen LogP contribution in [0, 0.1) is 6.92 Å². The summed E-state index contributed by atoms with van der Waals surface area (Å²) in [6, 6.07) is 1.49. The van der Waals surface area contributed by atoms with Gasteiger partial charge in [-0.25, -0.2) is 0 Å². The number of unbranched alkanes of at least 4 members (excludes halogenated alkanes) is 1. The number of rotatable bonds is 2. The van der Waals surface area contributed by atoms with Crippen molar-refractivity contribution in [3.8, 4) is 0 Å². The molecule has 0 saturated carbocycles. The molecule has 0 fully saturated rings. The third-order valence-corrected chi connectivity index (χ3v) is 2.56. The Labute approximate surface area is 139 Å². The predicted molar refractivity (Wildman–Crippen MR) is 70.8 cm³/mol. The van der Waals surface area contributed by atoms with Crippen LogP contribution in [0.5, 0.6) is 0 Å². The van der Waals surface area contributed by atoms with Crippen LogP contribution in [0.4, 0.5) is 26.3 Å². The van der Waals surface area contributed by atoms with Gasteiger partial charge in [0.15, 0.2) is 5.52 Å². The quantitative estimate of drug-likeness (QED) is 0.350. The molecule has 9 heteroatoms. The number of hydrogen-bond acceptors (Lipinski definition) is 1. The molecule has 0 N–H and O–H groups in total. The maximum Gasteiger partial charge on any atom is 1.00 e. The normalized spacial score (nSPS) is 11.1. The molecule has 1 rings (SSSR count). The first-order valence-corrected chi connectivity index (χ1v) is 6.41. The molecule has 0 aliphatic rings. The maximum atomic E-state index is 12.4. The molecule has 1 nitrogen and oxygen atoms in total. The first-order chi connectivity index (χ1) is 9.46. The van der Waals surface area contributed by atoms with Crippen LogP contribution in [0.15, 0.2) is 18.2 Å². The summed E-state index contributed by atoms with van der Waals surface area (Å²) in [4.78, 5) is 10.9. The zero-order valence-electron chi connectivity index (χ0n) is 12.1. The van der Waals surface area contributed by atoms with Crippen molar-refractivity contribution in [2.45, 2.75) is 32.1 Å². The summed E-state index contributed by atoms with van der Waals surface area (Å²) in [6.45, 7) is 5.72. The van der Waals surface area contributed by atoms with Crippen LogP contribution >= 0.6 is 9.24 Å². The summed E-state index contributed by atoms with van der Waals surface area (Å²) >= 11 is 0. The van der Waals surface area contributed by atoms with E-state index in [0.717, 1.165) is 6.42 Å². The first kappa shape index (κ1) is 23.8. The molecule has 120 valence electrons. The number of halogens is 6. The fourth-order valence-electron chi connectivity index (χ4n) is 1.29. The average molecular weight is 338 g/mol. The zero-order chi connectivity index (χ0) is 16.8. The molecule has 1 atom stereocenters. The molecule has 1 aromatic rings. The molecule has 0 bridgehead atoms. The van der Waals surface area contributed by atoms with E-state index in [9.17, 15) is 31.1 Å². The predicted octanol–water partition coefficient (Wildman–Crippen LogP) is 2.36. The van der Waals surface area contributed by atoms with Gasteiger partial charge in [-0.1, -0.05) is 28.7 Å². The van der Waals surface area contributed by atoms with E-state index in [1.54, 1.807) is 0 Å². The maximum absolute atomic E-state index is 12.4. The minimum Gasteiger partial charge on any atom is -0.343 e. The fraction of sp³-hybridized carbons (Fsp3) is 0.385. The minimum absolute atomic E-state index is 0. The summed E-state index contributed by atoms with van der Waals surface area (Å²) in [5.41, 5.74) is -5.91. The van der Waals surface area contributed by atoms with Crippen molar-refractivity contribution in [2.75, 3.05) is 0 Å². The fourth-order valence-corrected chi connectivity index (χ4v) is 1.60. The molecule has 0 aliphatic carbocycles. The Morgan fingerprint density at radius 3 is 1.59 bits per heavy atom. The van der Waals surface area contributed by atoms with Crippen molar-refractivity contribution in [2.24, 2.45) is 0 Å². The zero-order valence-corrected chi connectivity index (χ0v) is 13.3. The second kappa shape index (κ2) is 9.59. The van der Waals surface area contributed by atoms with Crippen molar-refractivity contribution in [3.63, 3.8) is 0 Å². The second-order valence-corrected chi connectivity index (χ2v) is 4.47. The molecule has 0 radical (unpaired) electrons. The second-order valence-electron chi connectivity index (χ2n) is 3.94. The molecule has 1 aromatic carbocycles. The van der Waals surface area contributed by atoms with Gasteiger partial charge in [0.1, 0.15) is 0 Å². The third kappa shape index (κ3) is 7.17. The van der Waals surface area contributed by atoms with Crippen LogP contribution in [0.1, 0.15) is 41.3 Å². The van der Waals surface area contributed by atoms with Crippen LogP contribution in [-0.4, -0.2) is 5.52 Å². The number of carbonyl (C=O) groups excluding carboxylic acids is 1. The molecule has 0 aromatic heterocycles. The van der Waals surface area contributed by atoms with Gasteiger partial charge in [0.05, 0.1) is 11.1 Å². The van der Waals surface area contributed by atoms with Gasteiger partial charge >= 0.3 is 31.2 Å². The molecule has 0 saturated heterocycles. The summed E-state index contributed by atoms with van der Waals surface area (Å²) < 4.78 is 74.7. The van der Waals surface area contributed by atoms with E-state index in [1.165, 1.54) is 15.7 Å². The van der Waals surface area contributed by atoms with Crippen molar-refractivity contribution in [1.29, 1.82) is 0 Å². The van der Waals surface area contributed by atoms with Crippen molar-refractivity contribution in [3.05, 3.63) is 41.8 Å². The largest absolute Gasteiger partial charge is 1.00 e. The van der Waals surface area contributed by atoms with Crippen molar-refractivity contribution in [1.82, 2.24) is 0 Å². The SMILES string of the molecule is O=C(P)c1c(C(F)(F)F)cccc1C(F)(F)F.[CH2-]CCC.[Li+]. The Hall–Kier alpha value is -0.503. The van der Waals surface area contributed by atoms with E-state index in [1.807, 2.05) is 0 Å². The Balaban J connectivity index is 0. The monoisotopic (exact) mass is 338 g/mol. The molecule has 0 aliphatic heterocycles. The van der Waals surface area contributed by atoms with Crippen LogP contribution in [-0.2, 0) is 12.4 Å². The molecule has 0 spiro atoms. The van der Waals surface area contributed by atoms with Crippen LogP contribution < -0.4 is 18.9 Å². The summed E-state index contributed by atoms with van der Waals surface area (Å²) in [5.74, 6) is 0. The molecule has 22 heavy (non-hydrogen) atoms. The summed E-state index contributed by atoms with van der Waals surface area (Å²) in [5, 5.41) is 0. The molecule has 0 amide bonds. The Morgan fingerprint density at radius 2 is 1.41 bits per heavy atom. The first-order valence-electron chi connectivity index (χ1n) is 5.83. The van der Waals surface area contributed by atoms with E-state index < -0.39 is 34.6 Å². The minimum atomic E-state index is -5.01. The summed E-state index contributed by atoms with van der Waals surface area (Å²) in [6.07, 6.45) is -7.74. The van der Waals surface area contributed by atoms with E-state index in [0.29, 0.717) is 18.2 Å². The topological polar surface area (TPSA) is 17.1 Å². The van der Waals surface area contributed by atoms with E-state index in [4.69, 9.17) is 0 Å². The Kier molecular flexibility index (Phi) is 10.4. The summed E-state index contributed by atoms with van der Waals surface area (Å²) in [7, 11) is 1.32. The van der Waals surface area contributed by atoms with Gasteiger partial charge in [0, 0.05) is 5.56 Å². The van der Waals surface area contributed by atoms with Gasteiger partial charge in [-0.15, -0.1) is 0 Å². The van der Waals surface area contributed by atoms with Crippen LogP contribution in [0.2, 0.25) is 0 Å². The van der Waals surface area contributed by atoms with Crippen molar-refractivity contribution < 1.29 is 50.0 Å². The van der Waals surface area contributed by atoms with Gasteiger partial charge < -0.3 is 6.92 Å². The Morgan fingerprint density at radius 1 is 1.09 bits per heavy atom. The van der Waals surface area contributed by atoms with Gasteiger partial charge in [-0.2, -0.15) is 32.8 Å². The molecule has 0 heterocycles. The van der Waals surface area contributed by atoms with Crippen molar-refractivity contribution >= 4 is 14.8 Å². The van der Waals surface area contributed by atoms with Gasteiger partial charge in [0.2, 0.25) is 0 Å². The molecular weight excluding hydrogens is 324 g/mol. The molecular formula is C13H14F6LiOP. The third-order valence-electron chi connectivity index (χ3n) is 2.28. The van der Waals surface area contributed by atoms with Gasteiger partial charge in [-0.05, 0) is 12.1 Å². The van der Waals surface area contributed by atoms with Gasteiger partial charge in [-0.3, -0.25) is 4.79 Å². The smallest absolute Gasteiger partial charge is 0.343 e. The average Bonchev–Trinajstić information content (AvgIpc) is 2.36. The number of benzene rings is 1. The van der Waals surface area contributed by atoms with Crippen LogP contribution in [0.25, 0.3) is 0 Å². The molecule has 1 unspecified atom stereocenters. The van der Waals surface area contributed by atoms with E-state index in [2.05, 4.69) is 13.8 Å². The van der Waals surface area contributed by atoms with E-state index >= 15 is 0 Å². The van der Waals surface area contributed by atoms with Crippen LogP contribution in [0.3, 0.4) is 0 Å².